The summed E-state index contributed by atoms with van der Waals surface area (Å²) in [4.78, 5) is 11.0. The molecule has 4 atom stereocenters. The van der Waals surface area contributed by atoms with E-state index in [1.54, 1.807) is 0 Å². The average Bonchev–Trinajstić information content (AvgIpc) is 2.47. The first-order valence-electron chi connectivity index (χ1n) is 6.90. The van der Waals surface area contributed by atoms with Crippen molar-refractivity contribution in [1.82, 2.24) is 0 Å². The number of carbonyl (C=O) groups is 1. The second-order valence-electron chi connectivity index (χ2n) is 5.18. The smallest absolute Gasteiger partial charge is 0.303 e. The fourth-order valence-corrected chi connectivity index (χ4v) is 2.67. The molecule has 0 N–H and O–H groups in total. The molecule has 0 bridgehead atoms. The van der Waals surface area contributed by atoms with Gasteiger partial charge < -0.3 is 14.2 Å². The van der Waals surface area contributed by atoms with Crippen molar-refractivity contribution in [3.8, 4) is 0 Å². The second-order valence-corrected chi connectivity index (χ2v) is 5.18. The third-order valence-electron chi connectivity index (χ3n) is 3.64. The van der Waals surface area contributed by atoms with Gasteiger partial charge in [0.2, 0.25) is 0 Å². The highest BCUT2D eigenvalue weighted by atomic mass is 16.7. The number of hydrogen-bond donors (Lipinski definition) is 0. The summed E-state index contributed by atoms with van der Waals surface area (Å²) in [5, 5.41) is 0. The third kappa shape index (κ3) is 2.92. The van der Waals surface area contributed by atoms with Crippen LogP contribution in [0.15, 0.2) is 42.5 Å². The second kappa shape index (κ2) is 5.77. The Bertz CT molecular complexity index is 496. The minimum absolute atomic E-state index is 0.0308. The molecule has 4 heteroatoms. The number of ether oxygens (including phenoxy) is 3. The first kappa shape index (κ1) is 13.3. The Balaban J connectivity index is 1.68. The molecule has 1 fully saturated rings. The summed E-state index contributed by atoms with van der Waals surface area (Å²) in [6.45, 7) is 2.06. The number of carbonyl (C=O) groups excluding carboxylic acids is 1. The minimum atomic E-state index is -0.332. The number of hydrogen-bond acceptors (Lipinski definition) is 4. The van der Waals surface area contributed by atoms with E-state index in [4.69, 9.17) is 14.2 Å². The standard InChI is InChI=1S/C16H18O4/c1-11(17)19-14-8-7-13-10-18-16(20-15(13)9-14)12-5-3-2-4-6-12/h2-8,13-16H,9-10H2,1H3/t13-,14+,15+,16?/m0/s1. The van der Waals surface area contributed by atoms with Crippen LogP contribution in [0.3, 0.4) is 0 Å². The quantitative estimate of drug-likeness (QED) is 0.614. The van der Waals surface area contributed by atoms with Gasteiger partial charge in [0, 0.05) is 24.8 Å². The van der Waals surface area contributed by atoms with Crippen LogP contribution < -0.4 is 0 Å². The molecule has 106 valence electrons. The van der Waals surface area contributed by atoms with E-state index in [0.717, 1.165) is 5.56 Å². The van der Waals surface area contributed by atoms with Crippen molar-refractivity contribution in [2.45, 2.75) is 31.8 Å². The van der Waals surface area contributed by atoms with E-state index in [0.29, 0.717) is 13.0 Å². The summed E-state index contributed by atoms with van der Waals surface area (Å²) < 4.78 is 17.0. The first-order valence-corrected chi connectivity index (χ1v) is 6.90. The van der Waals surface area contributed by atoms with Crippen molar-refractivity contribution in [3.63, 3.8) is 0 Å². The highest BCUT2D eigenvalue weighted by molar-refractivity contribution is 5.66. The van der Waals surface area contributed by atoms with Crippen LogP contribution in [0.5, 0.6) is 0 Å². The van der Waals surface area contributed by atoms with Gasteiger partial charge in [0.15, 0.2) is 6.29 Å². The highest BCUT2D eigenvalue weighted by Gasteiger charge is 2.35. The van der Waals surface area contributed by atoms with E-state index in [2.05, 4.69) is 0 Å². The molecule has 3 rings (SSSR count). The van der Waals surface area contributed by atoms with Crippen molar-refractivity contribution in [2.24, 2.45) is 5.92 Å². The number of rotatable bonds is 2. The van der Waals surface area contributed by atoms with E-state index >= 15 is 0 Å². The summed E-state index contributed by atoms with van der Waals surface area (Å²) in [5.74, 6) is -0.0217. The third-order valence-corrected chi connectivity index (χ3v) is 3.64. The summed E-state index contributed by atoms with van der Waals surface area (Å²) in [6.07, 6.45) is 4.16. The highest BCUT2D eigenvalue weighted by Crippen LogP contribution is 2.34. The molecule has 1 aliphatic carbocycles. The van der Waals surface area contributed by atoms with Gasteiger partial charge in [-0.15, -0.1) is 0 Å². The Hall–Kier alpha value is -1.65. The van der Waals surface area contributed by atoms with E-state index in [1.807, 2.05) is 42.5 Å². The molecule has 1 heterocycles. The zero-order valence-electron chi connectivity index (χ0n) is 11.4. The fraction of sp³-hybridized carbons (Fsp3) is 0.438. The Kier molecular flexibility index (Phi) is 3.85. The molecule has 4 nitrogen and oxygen atoms in total. The lowest BCUT2D eigenvalue weighted by Crippen LogP contribution is -2.40. The lowest BCUT2D eigenvalue weighted by molar-refractivity contribution is -0.240. The van der Waals surface area contributed by atoms with Crippen molar-refractivity contribution in [3.05, 3.63) is 48.0 Å². The largest absolute Gasteiger partial charge is 0.458 e. The maximum Gasteiger partial charge on any atom is 0.303 e. The molecule has 0 amide bonds. The Morgan fingerprint density at radius 2 is 2.05 bits per heavy atom. The monoisotopic (exact) mass is 274 g/mol. The summed E-state index contributed by atoms with van der Waals surface area (Å²) in [6, 6.07) is 9.89. The molecule has 1 aromatic rings. The van der Waals surface area contributed by atoms with E-state index in [-0.39, 0.29) is 30.4 Å². The van der Waals surface area contributed by atoms with Gasteiger partial charge >= 0.3 is 5.97 Å². The van der Waals surface area contributed by atoms with Crippen molar-refractivity contribution in [2.75, 3.05) is 6.61 Å². The number of esters is 1. The Morgan fingerprint density at radius 3 is 2.80 bits per heavy atom. The molecular formula is C16H18O4. The summed E-state index contributed by atoms with van der Waals surface area (Å²) in [5.41, 5.74) is 1.02. The van der Waals surface area contributed by atoms with Gasteiger partial charge in [-0.1, -0.05) is 36.4 Å². The van der Waals surface area contributed by atoms with E-state index in [1.165, 1.54) is 6.92 Å². The van der Waals surface area contributed by atoms with Crippen molar-refractivity contribution >= 4 is 5.97 Å². The molecular weight excluding hydrogens is 256 g/mol. The zero-order chi connectivity index (χ0) is 13.9. The Morgan fingerprint density at radius 1 is 1.25 bits per heavy atom. The molecule has 20 heavy (non-hydrogen) atoms. The molecule has 0 radical (unpaired) electrons. The predicted octanol–water partition coefficient (Wildman–Crippen LogP) is 2.61. The topological polar surface area (TPSA) is 44.8 Å². The van der Waals surface area contributed by atoms with Crippen molar-refractivity contribution in [1.29, 1.82) is 0 Å². The van der Waals surface area contributed by atoms with Gasteiger partial charge in [-0.2, -0.15) is 0 Å². The normalized spacial score (nSPS) is 32.5. The van der Waals surface area contributed by atoms with Gasteiger partial charge in [0.25, 0.3) is 0 Å². The van der Waals surface area contributed by atoms with Crippen LogP contribution >= 0.6 is 0 Å². The van der Waals surface area contributed by atoms with Crippen LogP contribution in [-0.2, 0) is 19.0 Å². The molecule has 1 unspecified atom stereocenters. The minimum Gasteiger partial charge on any atom is -0.458 e. The van der Waals surface area contributed by atoms with Gasteiger partial charge in [0.05, 0.1) is 12.7 Å². The number of fused-ring (bicyclic) bond motifs is 1. The Labute approximate surface area is 118 Å². The first-order chi connectivity index (χ1) is 9.72. The summed E-state index contributed by atoms with van der Waals surface area (Å²) >= 11 is 0. The average molecular weight is 274 g/mol. The van der Waals surface area contributed by atoms with Gasteiger partial charge in [-0.3, -0.25) is 4.79 Å². The fourth-order valence-electron chi connectivity index (χ4n) is 2.67. The molecule has 0 saturated carbocycles. The van der Waals surface area contributed by atoms with Crippen LogP contribution in [0.25, 0.3) is 0 Å². The maximum atomic E-state index is 11.0. The van der Waals surface area contributed by atoms with Crippen LogP contribution in [0.4, 0.5) is 0 Å². The van der Waals surface area contributed by atoms with Crippen LogP contribution in [0.2, 0.25) is 0 Å². The zero-order valence-corrected chi connectivity index (χ0v) is 11.4. The van der Waals surface area contributed by atoms with Gasteiger partial charge in [0.1, 0.15) is 6.10 Å². The van der Waals surface area contributed by atoms with Crippen LogP contribution in [0, 0.1) is 5.92 Å². The van der Waals surface area contributed by atoms with E-state index in [9.17, 15) is 4.79 Å². The SMILES string of the molecule is CC(=O)O[C@@H]1C=C[C@H]2COC(c3ccccc3)O[C@@H]2C1. The van der Waals surface area contributed by atoms with Gasteiger partial charge in [-0.05, 0) is 6.08 Å². The molecule has 0 spiro atoms. The lowest BCUT2D eigenvalue weighted by Gasteiger charge is -2.38. The predicted molar refractivity (Wildman–Crippen MR) is 72.8 cm³/mol. The molecule has 2 aliphatic rings. The van der Waals surface area contributed by atoms with Crippen molar-refractivity contribution < 1.29 is 19.0 Å². The lowest BCUT2D eigenvalue weighted by atomic mass is 9.90. The molecule has 1 aromatic carbocycles. The van der Waals surface area contributed by atoms with Crippen LogP contribution in [0.1, 0.15) is 25.2 Å². The van der Waals surface area contributed by atoms with Gasteiger partial charge in [-0.25, -0.2) is 0 Å². The molecule has 1 aliphatic heterocycles. The van der Waals surface area contributed by atoms with E-state index < -0.39 is 0 Å². The maximum absolute atomic E-state index is 11.0. The molecule has 1 saturated heterocycles. The van der Waals surface area contributed by atoms with Crippen LogP contribution in [-0.4, -0.2) is 24.8 Å². The molecule has 0 aromatic heterocycles. The summed E-state index contributed by atoms with van der Waals surface area (Å²) in [7, 11) is 0. The number of benzene rings is 1.